The maximum absolute atomic E-state index is 11.9. The smallest absolute Gasteiger partial charge is 0.251 e. The van der Waals surface area contributed by atoms with E-state index in [4.69, 9.17) is 11.6 Å². The first-order chi connectivity index (χ1) is 14.4. The van der Waals surface area contributed by atoms with E-state index in [9.17, 15) is 14.7 Å². The average molecular weight is 425 g/mol. The summed E-state index contributed by atoms with van der Waals surface area (Å²) in [5.74, 6) is 0.191. The quantitative estimate of drug-likeness (QED) is 0.489. The van der Waals surface area contributed by atoms with E-state index in [1.54, 1.807) is 36.4 Å². The molecule has 0 bridgehead atoms. The molecule has 0 heterocycles. The number of hydrogen-bond acceptors (Lipinski definition) is 3. The summed E-state index contributed by atoms with van der Waals surface area (Å²) >= 11 is 5.70. The Balaban J connectivity index is 0.000000248. The molecule has 0 aromatic heterocycles. The second kappa shape index (κ2) is 11.6. The lowest BCUT2D eigenvalue weighted by Gasteiger charge is -2.14. The highest BCUT2D eigenvalue weighted by atomic mass is 35.5. The number of carbonyl (C=O) groups excluding carboxylic acids is 2. The van der Waals surface area contributed by atoms with E-state index in [0.717, 1.165) is 23.2 Å². The number of anilines is 1. The minimum Gasteiger partial charge on any atom is -0.508 e. The van der Waals surface area contributed by atoms with Gasteiger partial charge >= 0.3 is 0 Å². The van der Waals surface area contributed by atoms with Crippen molar-refractivity contribution in [3.05, 3.63) is 94.5 Å². The van der Waals surface area contributed by atoms with Crippen molar-refractivity contribution in [2.24, 2.45) is 0 Å². The van der Waals surface area contributed by atoms with Gasteiger partial charge in [0.05, 0.1) is 0 Å². The number of rotatable bonds is 6. The van der Waals surface area contributed by atoms with Crippen LogP contribution in [-0.4, -0.2) is 23.5 Å². The molecular formula is C24H25ClN2O3. The summed E-state index contributed by atoms with van der Waals surface area (Å²) in [5, 5.41) is 15.3. The van der Waals surface area contributed by atoms with E-state index < -0.39 is 0 Å². The Bertz CT molecular complexity index is 960. The Labute approximate surface area is 181 Å². The van der Waals surface area contributed by atoms with E-state index >= 15 is 0 Å². The molecule has 0 saturated heterocycles. The van der Waals surface area contributed by atoms with Gasteiger partial charge in [0.15, 0.2) is 0 Å². The molecule has 2 amide bonds. The Morgan fingerprint density at radius 1 is 1.07 bits per heavy atom. The van der Waals surface area contributed by atoms with Gasteiger partial charge < -0.3 is 15.7 Å². The summed E-state index contributed by atoms with van der Waals surface area (Å²) in [4.78, 5) is 22.0. The van der Waals surface area contributed by atoms with Gasteiger partial charge in [-0.15, -0.1) is 0 Å². The van der Waals surface area contributed by atoms with Crippen molar-refractivity contribution in [3.63, 3.8) is 0 Å². The first-order valence-electron chi connectivity index (χ1n) is 9.49. The molecule has 0 aliphatic heterocycles. The summed E-state index contributed by atoms with van der Waals surface area (Å²) < 4.78 is 0. The van der Waals surface area contributed by atoms with Crippen LogP contribution in [0.1, 0.15) is 28.4 Å². The SMILES string of the molecule is CC(Cc1ccc(O)cc1)NC(=O)c1ccccc1.Cc1ccc(Cl)cc1NC=O. The number of phenolic OH excluding ortho intramolecular Hbond substituents is 1. The highest BCUT2D eigenvalue weighted by Crippen LogP contribution is 2.19. The van der Waals surface area contributed by atoms with Crippen molar-refractivity contribution in [2.75, 3.05) is 5.32 Å². The molecule has 30 heavy (non-hydrogen) atoms. The third-order valence-corrected chi connectivity index (χ3v) is 4.54. The molecule has 6 heteroatoms. The predicted molar refractivity (Wildman–Crippen MR) is 121 cm³/mol. The van der Waals surface area contributed by atoms with Crippen LogP contribution in [0.25, 0.3) is 0 Å². The zero-order valence-corrected chi connectivity index (χ0v) is 17.7. The van der Waals surface area contributed by atoms with Crippen LogP contribution < -0.4 is 10.6 Å². The molecule has 0 spiro atoms. The van der Waals surface area contributed by atoms with Gasteiger partial charge in [-0.2, -0.15) is 0 Å². The molecule has 5 nitrogen and oxygen atoms in total. The van der Waals surface area contributed by atoms with Crippen LogP contribution in [0, 0.1) is 6.92 Å². The summed E-state index contributed by atoms with van der Waals surface area (Å²) in [6.45, 7) is 3.87. The van der Waals surface area contributed by atoms with Crippen molar-refractivity contribution >= 4 is 29.6 Å². The van der Waals surface area contributed by atoms with Crippen molar-refractivity contribution in [2.45, 2.75) is 26.3 Å². The number of amides is 2. The lowest BCUT2D eigenvalue weighted by Crippen LogP contribution is -2.34. The Morgan fingerprint density at radius 3 is 2.37 bits per heavy atom. The van der Waals surface area contributed by atoms with Crippen molar-refractivity contribution in [3.8, 4) is 5.75 Å². The molecule has 0 aliphatic rings. The number of halogens is 1. The molecule has 0 fully saturated rings. The highest BCUT2D eigenvalue weighted by molar-refractivity contribution is 6.30. The van der Waals surface area contributed by atoms with Gasteiger partial charge in [0.1, 0.15) is 5.75 Å². The van der Waals surface area contributed by atoms with Crippen LogP contribution in [0.5, 0.6) is 5.75 Å². The fraction of sp³-hybridized carbons (Fsp3) is 0.167. The molecule has 3 aromatic rings. The molecule has 1 unspecified atom stereocenters. The largest absolute Gasteiger partial charge is 0.508 e. The van der Waals surface area contributed by atoms with E-state index in [0.29, 0.717) is 17.0 Å². The molecule has 0 aliphatic carbocycles. The second-order valence-electron chi connectivity index (χ2n) is 6.83. The monoisotopic (exact) mass is 424 g/mol. The standard InChI is InChI=1S/C16H17NO2.C8H8ClNO/c1-12(11-13-7-9-15(18)10-8-13)17-16(19)14-5-3-2-4-6-14;1-6-2-3-7(9)4-8(6)10-5-11/h2-10,12,18H,11H2,1H3,(H,17,19);2-5H,1H3,(H,10,11). The summed E-state index contributed by atoms with van der Waals surface area (Å²) in [6.07, 6.45) is 1.37. The molecule has 3 rings (SSSR count). The Kier molecular flexibility index (Phi) is 8.91. The molecule has 0 radical (unpaired) electrons. The molecule has 0 saturated carbocycles. The van der Waals surface area contributed by atoms with Crippen molar-refractivity contribution in [1.82, 2.24) is 5.32 Å². The number of carbonyl (C=O) groups is 2. The van der Waals surface area contributed by atoms with Gasteiger partial charge in [0.2, 0.25) is 6.41 Å². The first-order valence-corrected chi connectivity index (χ1v) is 9.87. The van der Waals surface area contributed by atoms with Crippen LogP contribution in [0.15, 0.2) is 72.8 Å². The topological polar surface area (TPSA) is 78.4 Å². The van der Waals surface area contributed by atoms with Gasteiger partial charge in [-0.3, -0.25) is 9.59 Å². The maximum Gasteiger partial charge on any atom is 0.251 e. The van der Waals surface area contributed by atoms with Crippen molar-refractivity contribution < 1.29 is 14.7 Å². The molecule has 156 valence electrons. The average Bonchev–Trinajstić information content (AvgIpc) is 2.74. The third kappa shape index (κ3) is 7.60. The van der Waals surface area contributed by atoms with Gasteiger partial charge in [0, 0.05) is 22.3 Å². The first kappa shape index (κ1) is 23.0. The fourth-order valence-electron chi connectivity index (χ4n) is 2.75. The number of benzene rings is 3. The zero-order chi connectivity index (χ0) is 21.9. The number of phenols is 1. The number of aromatic hydroxyl groups is 1. The van der Waals surface area contributed by atoms with Gasteiger partial charge in [-0.1, -0.05) is 48.0 Å². The van der Waals surface area contributed by atoms with Crippen LogP contribution in [0.3, 0.4) is 0 Å². The highest BCUT2D eigenvalue weighted by Gasteiger charge is 2.09. The van der Waals surface area contributed by atoms with Gasteiger partial charge in [-0.25, -0.2) is 0 Å². The molecule has 3 aromatic carbocycles. The number of aryl methyl sites for hydroxylation is 1. The van der Waals surface area contributed by atoms with Crippen LogP contribution in [-0.2, 0) is 11.2 Å². The van der Waals surface area contributed by atoms with Crippen LogP contribution in [0.2, 0.25) is 5.02 Å². The van der Waals surface area contributed by atoms with E-state index in [2.05, 4.69) is 10.6 Å². The zero-order valence-electron chi connectivity index (χ0n) is 16.9. The van der Waals surface area contributed by atoms with Crippen LogP contribution >= 0.6 is 11.6 Å². The number of hydrogen-bond donors (Lipinski definition) is 3. The third-order valence-electron chi connectivity index (χ3n) is 4.31. The van der Waals surface area contributed by atoms with Gasteiger partial charge in [0.25, 0.3) is 5.91 Å². The van der Waals surface area contributed by atoms with Crippen LogP contribution in [0.4, 0.5) is 5.69 Å². The summed E-state index contributed by atoms with van der Waals surface area (Å²) in [6, 6.07) is 21.6. The molecule has 1 atom stereocenters. The van der Waals surface area contributed by atoms with E-state index in [-0.39, 0.29) is 17.7 Å². The normalized spacial score (nSPS) is 10.9. The summed E-state index contributed by atoms with van der Waals surface area (Å²) in [5.41, 5.74) is 3.51. The second-order valence-corrected chi connectivity index (χ2v) is 7.27. The Morgan fingerprint density at radius 2 is 1.73 bits per heavy atom. The minimum absolute atomic E-state index is 0.0391. The predicted octanol–water partition coefficient (Wildman–Crippen LogP) is 4.97. The minimum atomic E-state index is -0.0631. The fourth-order valence-corrected chi connectivity index (χ4v) is 2.92. The number of nitrogens with one attached hydrogen (secondary N) is 2. The van der Waals surface area contributed by atoms with E-state index in [1.165, 1.54) is 0 Å². The molecular weight excluding hydrogens is 400 g/mol. The molecule has 3 N–H and O–H groups in total. The maximum atomic E-state index is 11.9. The summed E-state index contributed by atoms with van der Waals surface area (Å²) in [7, 11) is 0. The lowest BCUT2D eigenvalue weighted by molar-refractivity contribution is -0.105. The van der Waals surface area contributed by atoms with Crippen molar-refractivity contribution in [1.29, 1.82) is 0 Å². The van der Waals surface area contributed by atoms with E-state index in [1.807, 2.05) is 50.2 Å². The van der Waals surface area contributed by atoms with Gasteiger partial charge in [-0.05, 0) is 67.8 Å². The Hall–Kier alpha value is -3.31. The lowest BCUT2D eigenvalue weighted by atomic mass is 10.1.